The minimum atomic E-state index is -0.581. The molecule has 1 aliphatic carbocycles. The summed E-state index contributed by atoms with van der Waals surface area (Å²) in [6.45, 7) is 7.03. The molecule has 0 aromatic rings. The van der Waals surface area contributed by atoms with E-state index in [2.05, 4.69) is 0 Å². The van der Waals surface area contributed by atoms with Crippen LogP contribution in [0.15, 0.2) is 11.6 Å². The Labute approximate surface area is 108 Å². The van der Waals surface area contributed by atoms with Gasteiger partial charge in [0.15, 0.2) is 0 Å². The molecule has 0 aromatic carbocycles. The molecule has 0 N–H and O–H groups in total. The topological polar surface area (TPSA) is 52.6 Å². The van der Waals surface area contributed by atoms with Crippen LogP contribution in [0.2, 0.25) is 0 Å². The Morgan fingerprint density at radius 1 is 1.00 bits per heavy atom. The smallest absolute Gasteiger partial charge is 0.345 e. The summed E-state index contributed by atoms with van der Waals surface area (Å²) in [5, 5.41) is 0. The van der Waals surface area contributed by atoms with Gasteiger partial charge < -0.3 is 9.47 Å². The molecule has 4 nitrogen and oxygen atoms in total. The van der Waals surface area contributed by atoms with E-state index in [-0.39, 0.29) is 17.8 Å². The van der Waals surface area contributed by atoms with Crippen molar-refractivity contribution in [2.75, 3.05) is 0 Å². The third-order valence-electron chi connectivity index (χ3n) is 2.68. The Morgan fingerprint density at radius 3 is 1.72 bits per heavy atom. The van der Waals surface area contributed by atoms with Crippen molar-refractivity contribution in [2.24, 2.45) is 5.92 Å². The van der Waals surface area contributed by atoms with Crippen LogP contribution in [0, 0.1) is 5.92 Å². The molecule has 0 heterocycles. The Hall–Kier alpha value is -1.32. The summed E-state index contributed by atoms with van der Waals surface area (Å²) < 4.78 is 10.2. The normalized spacial score (nSPS) is 15.2. The molecule has 1 rings (SSSR count). The number of rotatable bonds is 5. The van der Waals surface area contributed by atoms with Crippen molar-refractivity contribution in [1.82, 2.24) is 0 Å². The molecule has 0 saturated heterocycles. The molecule has 0 spiro atoms. The molecule has 0 unspecified atom stereocenters. The van der Waals surface area contributed by atoms with Crippen LogP contribution in [0.3, 0.4) is 0 Å². The van der Waals surface area contributed by atoms with E-state index in [1.165, 1.54) is 0 Å². The van der Waals surface area contributed by atoms with Crippen molar-refractivity contribution >= 4 is 11.9 Å². The van der Waals surface area contributed by atoms with Gasteiger partial charge in [-0.25, -0.2) is 9.59 Å². The second kappa shape index (κ2) is 6.57. The number of carbonyl (C=O) groups excluding carboxylic acids is 2. The van der Waals surface area contributed by atoms with Crippen LogP contribution in [0.4, 0.5) is 0 Å². The van der Waals surface area contributed by atoms with E-state index in [4.69, 9.17) is 9.47 Å². The SMILES string of the molecule is CC(C)OC(=O)C(=CC1CCC1)C(=O)OC(C)C. The number of ether oxygens (including phenoxy) is 2. The van der Waals surface area contributed by atoms with Gasteiger partial charge in [0.1, 0.15) is 5.57 Å². The highest BCUT2D eigenvalue weighted by molar-refractivity contribution is 6.14. The van der Waals surface area contributed by atoms with Gasteiger partial charge in [0, 0.05) is 0 Å². The average molecular weight is 254 g/mol. The standard InChI is InChI=1S/C14H22O4/c1-9(2)17-13(15)12(8-11-6-5-7-11)14(16)18-10(3)4/h8-11H,5-7H2,1-4H3. The van der Waals surface area contributed by atoms with Gasteiger partial charge >= 0.3 is 11.9 Å². The number of allylic oxidation sites excluding steroid dienone is 1. The van der Waals surface area contributed by atoms with Crippen LogP contribution in [0.25, 0.3) is 0 Å². The third-order valence-corrected chi connectivity index (χ3v) is 2.68. The van der Waals surface area contributed by atoms with Gasteiger partial charge in [-0.05, 0) is 46.5 Å². The summed E-state index contributed by atoms with van der Waals surface area (Å²) >= 11 is 0. The van der Waals surface area contributed by atoms with Crippen LogP contribution < -0.4 is 0 Å². The summed E-state index contributed by atoms with van der Waals surface area (Å²) in [6, 6.07) is 0. The second-order valence-corrected chi connectivity index (χ2v) is 5.18. The minimum Gasteiger partial charge on any atom is -0.459 e. The largest absolute Gasteiger partial charge is 0.459 e. The Balaban J connectivity index is 2.76. The summed E-state index contributed by atoms with van der Waals surface area (Å²) in [5.74, 6) is -0.857. The minimum absolute atomic E-state index is 0.0436. The molecule has 18 heavy (non-hydrogen) atoms. The number of hydrogen-bond donors (Lipinski definition) is 0. The van der Waals surface area contributed by atoms with E-state index in [0.717, 1.165) is 19.3 Å². The maximum absolute atomic E-state index is 11.9. The Bertz CT molecular complexity index is 314. The quantitative estimate of drug-likeness (QED) is 0.327. The summed E-state index contributed by atoms with van der Waals surface area (Å²) in [7, 11) is 0. The molecular weight excluding hydrogens is 232 g/mol. The maximum atomic E-state index is 11.9. The molecule has 4 heteroatoms. The monoisotopic (exact) mass is 254 g/mol. The summed E-state index contributed by atoms with van der Waals surface area (Å²) in [4.78, 5) is 23.7. The molecular formula is C14H22O4. The first kappa shape index (κ1) is 14.7. The molecule has 1 saturated carbocycles. The molecule has 0 aromatic heterocycles. The molecule has 1 fully saturated rings. The van der Waals surface area contributed by atoms with Crippen molar-refractivity contribution in [2.45, 2.75) is 59.2 Å². The van der Waals surface area contributed by atoms with Crippen molar-refractivity contribution in [1.29, 1.82) is 0 Å². The van der Waals surface area contributed by atoms with Gasteiger partial charge in [-0.1, -0.05) is 12.5 Å². The van der Waals surface area contributed by atoms with Gasteiger partial charge in [-0.3, -0.25) is 0 Å². The molecule has 0 amide bonds. The van der Waals surface area contributed by atoms with Crippen LogP contribution >= 0.6 is 0 Å². The lowest BCUT2D eigenvalue weighted by Crippen LogP contribution is -2.24. The van der Waals surface area contributed by atoms with Crippen LogP contribution in [0.5, 0.6) is 0 Å². The van der Waals surface area contributed by atoms with Crippen molar-refractivity contribution in [3.63, 3.8) is 0 Å². The fourth-order valence-corrected chi connectivity index (χ4v) is 1.62. The van der Waals surface area contributed by atoms with E-state index in [0.29, 0.717) is 5.92 Å². The Kier molecular flexibility index (Phi) is 5.38. The molecule has 0 aliphatic heterocycles. The number of carbonyl (C=O) groups is 2. The van der Waals surface area contributed by atoms with Crippen molar-refractivity contribution in [3.8, 4) is 0 Å². The highest BCUT2D eigenvalue weighted by Gasteiger charge is 2.26. The molecule has 0 radical (unpaired) electrons. The van der Waals surface area contributed by atoms with Crippen LogP contribution in [-0.4, -0.2) is 24.1 Å². The van der Waals surface area contributed by atoms with Crippen LogP contribution in [0.1, 0.15) is 47.0 Å². The first-order valence-electron chi connectivity index (χ1n) is 6.54. The number of hydrogen-bond acceptors (Lipinski definition) is 4. The van der Waals surface area contributed by atoms with Gasteiger partial charge in [-0.2, -0.15) is 0 Å². The Morgan fingerprint density at radius 2 is 1.44 bits per heavy atom. The van der Waals surface area contributed by atoms with E-state index in [1.54, 1.807) is 33.8 Å². The van der Waals surface area contributed by atoms with Gasteiger partial charge in [0.25, 0.3) is 0 Å². The summed E-state index contributed by atoms with van der Waals surface area (Å²) in [6.07, 6.45) is 4.41. The van der Waals surface area contributed by atoms with Gasteiger partial charge in [-0.15, -0.1) is 0 Å². The first-order chi connectivity index (χ1) is 8.40. The lowest BCUT2D eigenvalue weighted by atomic mass is 9.84. The lowest BCUT2D eigenvalue weighted by molar-refractivity contribution is -0.151. The zero-order valence-corrected chi connectivity index (χ0v) is 11.6. The van der Waals surface area contributed by atoms with E-state index < -0.39 is 11.9 Å². The predicted octanol–water partition coefficient (Wildman–Crippen LogP) is 2.62. The fraction of sp³-hybridized carbons (Fsp3) is 0.714. The molecule has 0 bridgehead atoms. The molecule has 102 valence electrons. The first-order valence-corrected chi connectivity index (χ1v) is 6.54. The van der Waals surface area contributed by atoms with E-state index in [1.807, 2.05) is 0 Å². The zero-order valence-electron chi connectivity index (χ0n) is 11.6. The third kappa shape index (κ3) is 4.51. The fourth-order valence-electron chi connectivity index (χ4n) is 1.62. The van der Waals surface area contributed by atoms with E-state index >= 15 is 0 Å². The highest BCUT2D eigenvalue weighted by Crippen LogP contribution is 2.29. The predicted molar refractivity (Wildman–Crippen MR) is 67.9 cm³/mol. The number of esters is 2. The molecule has 1 aliphatic rings. The highest BCUT2D eigenvalue weighted by atomic mass is 16.6. The zero-order chi connectivity index (χ0) is 13.7. The van der Waals surface area contributed by atoms with Gasteiger partial charge in [0.2, 0.25) is 0 Å². The van der Waals surface area contributed by atoms with E-state index in [9.17, 15) is 9.59 Å². The van der Waals surface area contributed by atoms with Gasteiger partial charge in [0.05, 0.1) is 12.2 Å². The van der Waals surface area contributed by atoms with Crippen molar-refractivity contribution < 1.29 is 19.1 Å². The lowest BCUT2D eigenvalue weighted by Gasteiger charge is -2.23. The maximum Gasteiger partial charge on any atom is 0.345 e. The average Bonchev–Trinajstić information content (AvgIpc) is 2.12. The molecule has 0 atom stereocenters. The van der Waals surface area contributed by atoms with Crippen molar-refractivity contribution in [3.05, 3.63) is 11.6 Å². The summed E-state index contributed by atoms with van der Waals surface area (Å²) in [5.41, 5.74) is 0.0436. The second-order valence-electron chi connectivity index (χ2n) is 5.18. The van der Waals surface area contributed by atoms with Crippen LogP contribution in [-0.2, 0) is 19.1 Å².